The number of nitrogens with one attached hydrogen (secondary N) is 1. The van der Waals surface area contributed by atoms with Gasteiger partial charge >= 0.3 is 0 Å². The van der Waals surface area contributed by atoms with Crippen LogP contribution in [-0.2, 0) is 0 Å². The van der Waals surface area contributed by atoms with Crippen molar-refractivity contribution in [3.8, 4) is 0 Å². The van der Waals surface area contributed by atoms with E-state index in [1.165, 1.54) is 0 Å². The molecule has 0 aliphatic carbocycles. The minimum Gasteiger partial charge on any atom is -0.261 e. The van der Waals surface area contributed by atoms with E-state index in [1.807, 2.05) is 60.7 Å². The number of benzene rings is 1. The number of hydrazone groups is 1. The van der Waals surface area contributed by atoms with E-state index in [9.17, 15) is 0 Å². The van der Waals surface area contributed by atoms with Crippen LogP contribution < -0.4 is 5.43 Å². The molecule has 0 aliphatic heterocycles. The molecule has 0 spiro atoms. The van der Waals surface area contributed by atoms with Gasteiger partial charge in [0, 0.05) is 12.4 Å². The number of rotatable bonds is 4. The Labute approximate surface area is 101 Å². The van der Waals surface area contributed by atoms with Crippen molar-refractivity contribution in [2.45, 2.75) is 0 Å². The van der Waals surface area contributed by atoms with Crippen molar-refractivity contribution in [1.82, 2.24) is 4.98 Å². The Morgan fingerprint density at radius 1 is 1.00 bits per heavy atom. The highest BCUT2D eigenvalue weighted by Crippen LogP contribution is 2.00. The molecule has 3 heteroatoms. The van der Waals surface area contributed by atoms with Gasteiger partial charge in [-0.1, -0.05) is 42.5 Å². The number of hydrogen-bond donors (Lipinski definition) is 1. The molecule has 1 heterocycles. The molecule has 84 valence electrons. The molecular weight excluding hydrogens is 210 g/mol. The van der Waals surface area contributed by atoms with Gasteiger partial charge in [0.2, 0.25) is 0 Å². The third-order valence-electron chi connectivity index (χ3n) is 2.09. The standard InChI is InChI=1S/C14H13N3/c1-2-7-13(8-3-1)9-6-12-16-17-14-10-4-5-11-15-14/h1-12H,(H,15,17). The maximum absolute atomic E-state index is 4.09. The zero-order valence-electron chi connectivity index (χ0n) is 9.32. The van der Waals surface area contributed by atoms with E-state index in [0.29, 0.717) is 0 Å². The molecule has 2 aromatic rings. The SMILES string of the molecule is C(=Cc1ccccc1)C=NNc1ccccn1. The summed E-state index contributed by atoms with van der Waals surface area (Å²) in [5.41, 5.74) is 3.99. The molecule has 17 heavy (non-hydrogen) atoms. The molecule has 0 radical (unpaired) electrons. The fourth-order valence-electron chi connectivity index (χ4n) is 1.29. The van der Waals surface area contributed by atoms with E-state index in [-0.39, 0.29) is 0 Å². The molecule has 3 nitrogen and oxygen atoms in total. The number of anilines is 1. The van der Waals surface area contributed by atoms with E-state index in [4.69, 9.17) is 0 Å². The summed E-state index contributed by atoms with van der Waals surface area (Å²) in [4.78, 5) is 4.09. The lowest BCUT2D eigenvalue weighted by Crippen LogP contribution is -1.90. The summed E-state index contributed by atoms with van der Waals surface area (Å²) in [6.45, 7) is 0. The fraction of sp³-hybridized carbons (Fsp3) is 0. The predicted octanol–water partition coefficient (Wildman–Crippen LogP) is 3.19. The quantitative estimate of drug-likeness (QED) is 0.638. The summed E-state index contributed by atoms with van der Waals surface area (Å²) in [5, 5.41) is 4.03. The average Bonchev–Trinajstić information content (AvgIpc) is 2.41. The summed E-state index contributed by atoms with van der Waals surface area (Å²) in [6.07, 6.45) is 7.29. The van der Waals surface area contributed by atoms with Crippen molar-refractivity contribution in [1.29, 1.82) is 0 Å². The lowest BCUT2D eigenvalue weighted by atomic mass is 10.2. The van der Waals surface area contributed by atoms with Gasteiger partial charge < -0.3 is 0 Å². The van der Waals surface area contributed by atoms with Crippen molar-refractivity contribution < 1.29 is 0 Å². The number of hydrogen-bond acceptors (Lipinski definition) is 3. The van der Waals surface area contributed by atoms with Crippen molar-refractivity contribution in [2.24, 2.45) is 5.10 Å². The van der Waals surface area contributed by atoms with Crippen LogP contribution in [0.5, 0.6) is 0 Å². The maximum Gasteiger partial charge on any atom is 0.146 e. The Kier molecular flexibility index (Phi) is 4.06. The molecule has 0 unspecified atom stereocenters. The van der Waals surface area contributed by atoms with E-state index in [0.717, 1.165) is 11.4 Å². The highest BCUT2D eigenvalue weighted by atomic mass is 15.3. The van der Waals surface area contributed by atoms with E-state index in [1.54, 1.807) is 12.4 Å². The number of aromatic nitrogens is 1. The largest absolute Gasteiger partial charge is 0.261 e. The summed E-state index contributed by atoms with van der Waals surface area (Å²) in [7, 11) is 0. The minimum absolute atomic E-state index is 0.733. The first-order chi connectivity index (χ1) is 8.45. The third kappa shape index (κ3) is 3.91. The van der Waals surface area contributed by atoms with Crippen LogP contribution in [0.25, 0.3) is 6.08 Å². The van der Waals surface area contributed by atoms with Crippen molar-refractivity contribution >= 4 is 18.1 Å². The number of nitrogens with zero attached hydrogens (tertiary/aromatic N) is 2. The van der Waals surface area contributed by atoms with Crippen LogP contribution in [0.2, 0.25) is 0 Å². The van der Waals surface area contributed by atoms with E-state index < -0.39 is 0 Å². The van der Waals surface area contributed by atoms with Gasteiger partial charge in [-0.15, -0.1) is 0 Å². The summed E-state index contributed by atoms with van der Waals surface area (Å²) < 4.78 is 0. The minimum atomic E-state index is 0.733. The molecule has 0 saturated heterocycles. The van der Waals surface area contributed by atoms with Crippen LogP contribution in [0.1, 0.15) is 5.56 Å². The zero-order chi connectivity index (χ0) is 11.8. The Bertz CT molecular complexity index is 489. The summed E-state index contributed by atoms with van der Waals surface area (Å²) in [6, 6.07) is 15.7. The van der Waals surface area contributed by atoms with Crippen LogP contribution in [0.15, 0.2) is 65.9 Å². The second-order valence-electron chi connectivity index (χ2n) is 3.37. The van der Waals surface area contributed by atoms with Crippen LogP contribution in [0.3, 0.4) is 0 Å². The smallest absolute Gasteiger partial charge is 0.146 e. The molecule has 0 atom stereocenters. The molecule has 1 N–H and O–H groups in total. The van der Waals surface area contributed by atoms with Crippen LogP contribution >= 0.6 is 0 Å². The predicted molar refractivity (Wildman–Crippen MR) is 71.8 cm³/mol. The van der Waals surface area contributed by atoms with Crippen LogP contribution in [-0.4, -0.2) is 11.2 Å². The van der Waals surface area contributed by atoms with Gasteiger partial charge in [0.1, 0.15) is 5.82 Å². The third-order valence-corrected chi connectivity index (χ3v) is 2.09. The molecule has 1 aromatic heterocycles. The Balaban J connectivity index is 1.85. The Hall–Kier alpha value is -2.42. The number of pyridine rings is 1. The van der Waals surface area contributed by atoms with Gasteiger partial charge in [0.25, 0.3) is 0 Å². The second-order valence-corrected chi connectivity index (χ2v) is 3.37. The van der Waals surface area contributed by atoms with Crippen molar-refractivity contribution in [2.75, 3.05) is 5.43 Å². The molecule has 0 bridgehead atoms. The molecule has 0 amide bonds. The van der Waals surface area contributed by atoms with Gasteiger partial charge in [-0.3, -0.25) is 5.43 Å². The number of allylic oxidation sites excluding steroid dienone is 1. The Morgan fingerprint density at radius 3 is 2.59 bits per heavy atom. The van der Waals surface area contributed by atoms with Gasteiger partial charge in [-0.05, 0) is 23.8 Å². The van der Waals surface area contributed by atoms with E-state index >= 15 is 0 Å². The second kappa shape index (κ2) is 6.23. The van der Waals surface area contributed by atoms with Crippen molar-refractivity contribution in [3.05, 3.63) is 66.4 Å². The monoisotopic (exact) mass is 223 g/mol. The van der Waals surface area contributed by atoms with Crippen LogP contribution in [0.4, 0.5) is 5.82 Å². The molecule has 0 fully saturated rings. The fourth-order valence-corrected chi connectivity index (χ4v) is 1.29. The Morgan fingerprint density at radius 2 is 1.82 bits per heavy atom. The van der Waals surface area contributed by atoms with E-state index in [2.05, 4.69) is 15.5 Å². The molecule has 0 aliphatic rings. The maximum atomic E-state index is 4.09. The van der Waals surface area contributed by atoms with Gasteiger partial charge in [0.15, 0.2) is 0 Å². The topological polar surface area (TPSA) is 37.3 Å². The van der Waals surface area contributed by atoms with Gasteiger partial charge in [-0.25, -0.2) is 4.98 Å². The summed E-state index contributed by atoms with van der Waals surface area (Å²) >= 11 is 0. The highest BCUT2D eigenvalue weighted by molar-refractivity contribution is 5.78. The summed E-state index contributed by atoms with van der Waals surface area (Å²) in [5.74, 6) is 0.733. The first kappa shape index (κ1) is 11.1. The molecule has 0 saturated carbocycles. The zero-order valence-corrected chi connectivity index (χ0v) is 9.32. The van der Waals surface area contributed by atoms with Gasteiger partial charge in [-0.2, -0.15) is 5.10 Å². The van der Waals surface area contributed by atoms with Crippen molar-refractivity contribution in [3.63, 3.8) is 0 Å². The first-order valence-corrected chi connectivity index (χ1v) is 5.37. The molecule has 2 rings (SSSR count). The molecule has 1 aromatic carbocycles. The van der Waals surface area contributed by atoms with Gasteiger partial charge in [0.05, 0.1) is 0 Å². The molecular formula is C14H13N3. The lowest BCUT2D eigenvalue weighted by molar-refractivity contribution is 1.23. The normalized spacial score (nSPS) is 11.1. The van der Waals surface area contributed by atoms with Crippen LogP contribution in [0, 0.1) is 0 Å². The average molecular weight is 223 g/mol. The first-order valence-electron chi connectivity index (χ1n) is 5.37. The highest BCUT2D eigenvalue weighted by Gasteiger charge is 1.84. The lowest BCUT2D eigenvalue weighted by Gasteiger charge is -1.95.